The van der Waals surface area contributed by atoms with E-state index < -0.39 is 0 Å². The third-order valence-electron chi connectivity index (χ3n) is 2.25. The monoisotopic (exact) mass is 200 g/mol. The second-order valence-electron chi connectivity index (χ2n) is 4.06. The zero-order valence-corrected chi connectivity index (χ0v) is 10.0. The quantitative estimate of drug-likeness (QED) is 0.562. The van der Waals surface area contributed by atoms with E-state index in [0.717, 1.165) is 32.3 Å². The minimum absolute atomic E-state index is 0.0909. The van der Waals surface area contributed by atoms with Crippen LogP contribution in [0.5, 0.6) is 0 Å². The Morgan fingerprint density at radius 1 is 1.21 bits per heavy atom. The first-order valence-corrected chi connectivity index (χ1v) is 5.78. The van der Waals surface area contributed by atoms with Gasteiger partial charge in [0.05, 0.1) is 0 Å². The Morgan fingerprint density at radius 3 is 2.29 bits per heavy atom. The molecule has 0 bridgehead atoms. The van der Waals surface area contributed by atoms with Crippen molar-refractivity contribution in [2.75, 3.05) is 6.61 Å². The number of ether oxygens (including phenoxy) is 1. The fourth-order valence-corrected chi connectivity index (χ4v) is 1.31. The van der Waals surface area contributed by atoms with Gasteiger partial charge in [0, 0.05) is 12.5 Å². The van der Waals surface area contributed by atoms with Crippen LogP contribution in [0.1, 0.15) is 53.4 Å². The van der Waals surface area contributed by atoms with Crippen molar-refractivity contribution >= 4 is 5.78 Å². The van der Waals surface area contributed by atoms with Gasteiger partial charge in [-0.3, -0.25) is 4.79 Å². The number of Topliss-reactive ketones (excluding diaryl/α,β-unsaturated/α-hetero) is 1. The minimum atomic E-state index is -0.161. The first-order valence-electron chi connectivity index (χ1n) is 5.78. The number of carbonyl (C=O) groups excluding carboxylic acids is 1. The van der Waals surface area contributed by atoms with Gasteiger partial charge in [-0.25, -0.2) is 0 Å². The van der Waals surface area contributed by atoms with Crippen LogP contribution in [0.2, 0.25) is 0 Å². The molecule has 0 heterocycles. The van der Waals surface area contributed by atoms with Gasteiger partial charge in [-0.2, -0.15) is 0 Å². The van der Waals surface area contributed by atoms with Crippen molar-refractivity contribution in [3.63, 3.8) is 0 Å². The number of unbranched alkanes of at least 4 members (excludes halogenated alkanes) is 1. The van der Waals surface area contributed by atoms with Gasteiger partial charge >= 0.3 is 0 Å². The smallest absolute Gasteiger partial charge is 0.164 e. The van der Waals surface area contributed by atoms with E-state index in [2.05, 4.69) is 13.8 Å². The average Bonchev–Trinajstić information content (AvgIpc) is 2.15. The summed E-state index contributed by atoms with van der Waals surface area (Å²) >= 11 is 0. The number of hydrogen-bond donors (Lipinski definition) is 0. The van der Waals surface area contributed by atoms with Gasteiger partial charge in [-0.1, -0.05) is 40.5 Å². The van der Waals surface area contributed by atoms with Crippen LogP contribution in [-0.2, 0) is 9.53 Å². The summed E-state index contributed by atoms with van der Waals surface area (Å²) in [6.45, 7) is 8.81. The lowest BCUT2D eigenvalue weighted by Gasteiger charge is -2.17. The van der Waals surface area contributed by atoms with Crippen molar-refractivity contribution in [2.45, 2.75) is 59.5 Å². The third-order valence-corrected chi connectivity index (χ3v) is 2.25. The first-order chi connectivity index (χ1) is 6.63. The van der Waals surface area contributed by atoms with Gasteiger partial charge in [0.2, 0.25) is 0 Å². The van der Waals surface area contributed by atoms with Crippen molar-refractivity contribution < 1.29 is 9.53 Å². The van der Waals surface area contributed by atoms with E-state index in [1.54, 1.807) is 0 Å². The van der Waals surface area contributed by atoms with Crippen LogP contribution < -0.4 is 0 Å². The van der Waals surface area contributed by atoms with Crippen molar-refractivity contribution in [2.24, 2.45) is 5.92 Å². The van der Waals surface area contributed by atoms with E-state index in [-0.39, 0.29) is 17.8 Å². The summed E-state index contributed by atoms with van der Waals surface area (Å²) in [4.78, 5) is 11.7. The molecule has 0 aromatic rings. The number of rotatable bonds is 8. The van der Waals surface area contributed by atoms with E-state index in [1.807, 2.05) is 13.8 Å². The molecule has 0 fully saturated rings. The molecule has 0 spiro atoms. The van der Waals surface area contributed by atoms with Crippen LogP contribution in [-0.4, -0.2) is 18.5 Å². The molecule has 0 saturated heterocycles. The van der Waals surface area contributed by atoms with Gasteiger partial charge in [0.25, 0.3) is 0 Å². The van der Waals surface area contributed by atoms with E-state index >= 15 is 0 Å². The van der Waals surface area contributed by atoms with Crippen LogP contribution in [0.4, 0.5) is 0 Å². The highest BCUT2D eigenvalue weighted by Crippen LogP contribution is 2.10. The Balaban J connectivity index is 3.94. The second-order valence-corrected chi connectivity index (χ2v) is 4.06. The summed E-state index contributed by atoms with van der Waals surface area (Å²) in [6, 6.07) is 0. The average molecular weight is 200 g/mol. The second kappa shape index (κ2) is 7.98. The molecule has 1 atom stereocenters. The lowest BCUT2D eigenvalue weighted by atomic mass is 10.0. The number of hydrogen-bond acceptors (Lipinski definition) is 2. The minimum Gasteiger partial charge on any atom is -0.370 e. The molecule has 0 saturated carbocycles. The maximum Gasteiger partial charge on any atom is 0.164 e. The normalized spacial score (nSPS) is 13.2. The van der Waals surface area contributed by atoms with E-state index in [1.165, 1.54) is 0 Å². The highest BCUT2D eigenvalue weighted by atomic mass is 16.5. The SMILES string of the molecule is CCCCO[C@@H](CCC)C(=O)C(C)C. The summed E-state index contributed by atoms with van der Waals surface area (Å²) in [5.74, 6) is 0.344. The largest absolute Gasteiger partial charge is 0.370 e. The molecule has 84 valence electrons. The van der Waals surface area contributed by atoms with Gasteiger partial charge in [-0.05, 0) is 12.8 Å². The lowest BCUT2D eigenvalue weighted by Crippen LogP contribution is -2.28. The van der Waals surface area contributed by atoms with Gasteiger partial charge in [0.1, 0.15) is 6.10 Å². The topological polar surface area (TPSA) is 26.3 Å². The predicted molar refractivity (Wildman–Crippen MR) is 59.4 cm³/mol. The van der Waals surface area contributed by atoms with Gasteiger partial charge in [-0.15, -0.1) is 0 Å². The summed E-state index contributed by atoms with van der Waals surface area (Å²) < 4.78 is 5.60. The molecule has 0 unspecified atom stereocenters. The highest BCUT2D eigenvalue weighted by Gasteiger charge is 2.20. The van der Waals surface area contributed by atoms with Crippen molar-refractivity contribution in [1.82, 2.24) is 0 Å². The summed E-state index contributed by atoms with van der Waals surface area (Å²) in [5.41, 5.74) is 0. The molecule has 0 aliphatic heterocycles. The van der Waals surface area contributed by atoms with E-state index in [0.29, 0.717) is 0 Å². The molecule has 0 amide bonds. The standard InChI is InChI=1S/C12H24O2/c1-5-7-9-14-11(8-6-2)12(13)10(3)4/h10-11H,5-9H2,1-4H3/t11-/m0/s1. The molecule has 2 nitrogen and oxygen atoms in total. The van der Waals surface area contributed by atoms with Crippen LogP contribution in [0.3, 0.4) is 0 Å². The predicted octanol–water partition coefficient (Wildman–Crippen LogP) is 3.20. The molecular formula is C12H24O2. The highest BCUT2D eigenvalue weighted by molar-refractivity contribution is 5.84. The van der Waals surface area contributed by atoms with Crippen LogP contribution >= 0.6 is 0 Å². The number of ketones is 1. The zero-order valence-electron chi connectivity index (χ0n) is 10.0. The van der Waals surface area contributed by atoms with Crippen molar-refractivity contribution in [3.05, 3.63) is 0 Å². The van der Waals surface area contributed by atoms with Crippen LogP contribution in [0.15, 0.2) is 0 Å². The van der Waals surface area contributed by atoms with E-state index in [9.17, 15) is 4.79 Å². The molecule has 0 radical (unpaired) electrons. The van der Waals surface area contributed by atoms with Crippen molar-refractivity contribution in [1.29, 1.82) is 0 Å². The molecule has 0 aliphatic rings. The molecule has 0 aromatic carbocycles. The fraction of sp³-hybridized carbons (Fsp3) is 0.917. The third kappa shape index (κ3) is 5.38. The Bertz CT molecular complexity index is 152. The molecule has 14 heavy (non-hydrogen) atoms. The summed E-state index contributed by atoms with van der Waals surface area (Å²) in [6.07, 6.45) is 3.88. The fourth-order valence-electron chi connectivity index (χ4n) is 1.31. The number of carbonyl (C=O) groups is 1. The Hall–Kier alpha value is -0.370. The molecular weight excluding hydrogens is 176 g/mol. The van der Waals surface area contributed by atoms with Crippen LogP contribution in [0.25, 0.3) is 0 Å². The molecule has 0 aliphatic carbocycles. The zero-order chi connectivity index (χ0) is 11.0. The summed E-state index contributed by atoms with van der Waals surface area (Å²) in [5, 5.41) is 0. The lowest BCUT2D eigenvalue weighted by molar-refractivity contribution is -0.134. The first kappa shape index (κ1) is 13.6. The molecule has 2 heteroatoms. The van der Waals surface area contributed by atoms with Crippen LogP contribution in [0, 0.1) is 5.92 Å². The summed E-state index contributed by atoms with van der Waals surface area (Å²) in [7, 11) is 0. The Labute approximate surface area is 88.0 Å². The molecule has 0 rings (SSSR count). The van der Waals surface area contributed by atoms with E-state index in [4.69, 9.17) is 4.74 Å². The van der Waals surface area contributed by atoms with Gasteiger partial charge in [0.15, 0.2) is 5.78 Å². The van der Waals surface area contributed by atoms with Crippen molar-refractivity contribution in [3.8, 4) is 0 Å². The van der Waals surface area contributed by atoms with Gasteiger partial charge < -0.3 is 4.74 Å². The maximum atomic E-state index is 11.7. The molecule has 0 N–H and O–H groups in total. The maximum absolute atomic E-state index is 11.7. The Morgan fingerprint density at radius 2 is 1.86 bits per heavy atom. The Kier molecular flexibility index (Phi) is 7.77. The molecule has 0 aromatic heterocycles.